The number of halogens is 1. The maximum Gasteiger partial charge on any atom is 0.0713 e. The Hall–Kier alpha value is -1.32. The third-order valence-electron chi connectivity index (χ3n) is 2.84. The summed E-state index contributed by atoms with van der Waals surface area (Å²) in [4.78, 5) is 0. The van der Waals surface area contributed by atoms with Crippen LogP contribution in [-0.2, 0) is 17.9 Å². The van der Waals surface area contributed by atoms with Crippen LogP contribution in [0.15, 0.2) is 46.9 Å². The number of nitrogens with one attached hydrogen (secondary N) is 1. The van der Waals surface area contributed by atoms with Crippen LogP contribution in [0.5, 0.6) is 0 Å². The fourth-order valence-corrected chi connectivity index (χ4v) is 2.65. The van der Waals surface area contributed by atoms with E-state index in [2.05, 4.69) is 70.6 Å². The molecular weight excluding hydrogens is 302 g/mol. The van der Waals surface area contributed by atoms with Crippen molar-refractivity contribution in [2.75, 3.05) is 12.4 Å². The minimum Gasteiger partial charge on any atom is -0.381 e. The number of rotatable bonds is 5. The zero-order valence-corrected chi connectivity index (χ0v) is 12.8. The van der Waals surface area contributed by atoms with Crippen molar-refractivity contribution in [2.24, 2.45) is 0 Å². The minimum atomic E-state index is 0.657. The molecule has 3 heteroatoms. The van der Waals surface area contributed by atoms with Gasteiger partial charge in [0.2, 0.25) is 0 Å². The van der Waals surface area contributed by atoms with E-state index in [0.717, 1.165) is 16.7 Å². The van der Waals surface area contributed by atoms with E-state index in [4.69, 9.17) is 4.74 Å². The highest BCUT2D eigenvalue weighted by atomic mass is 79.9. The van der Waals surface area contributed by atoms with Crippen molar-refractivity contribution < 1.29 is 4.74 Å². The molecule has 2 rings (SSSR count). The van der Waals surface area contributed by atoms with Gasteiger partial charge in [-0.05, 0) is 41.8 Å². The molecule has 0 amide bonds. The Bertz CT molecular complexity index is 534. The van der Waals surface area contributed by atoms with Crippen LogP contribution in [-0.4, -0.2) is 7.11 Å². The van der Waals surface area contributed by atoms with E-state index >= 15 is 0 Å². The summed E-state index contributed by atoms with van der Waals surface area (Å²) >= 11 is 3.51. The van der Waals surface area contributed by atoms with E-state index in [0.29, 0.717) is 6.61 Å². The second-order valence-electron chi connectivity index (χ2n) is 4.62. The first-order valence-electron chi connectivity index (χ1n) is 6.25. The molecule has 0 aliphatic carbocycles. The van der Waals surface area contributed by atoms with Gasteiger partial charge < -0.3 is 10.1 Å². The quantitative estimate of drug-likeness (QED) is 0.875. The highest BCUT2D eigenvalue weighted by Crippen LogP contribution is 2.19. The SMILES string of the molecule is COCc1cccc(CNc2cc(C)cc(Br)c2)c1. The summed E-state index contributed by atoms with van der Waals surface area (Å²) in [5.41, 5.74) is 4.83. The number of hydrogen-bond donors (Lipinski definition) is 1. The summed E-state index contributed by atoms with van der Waals surface area (Å²) in [5, 5.41) is 3.44. The van der Waals surface area contributed by atoms with Gasteiger partial charge in [-0.3, -0.25) is 0 Å². The Labute approximate surface area is 122 Å². The van der Waals surface area contributed by atoms with Crippen LogP contribution < -0.4 is 5.32 Å². The van der Waals surface area contributed by atoms with Gasteiger partial charge in [-0.15, -0.1) is 0 Å². The first kappa shape index (κ1) is 14.1. The molecule has 0 radical (unpaired) electrons. The van der Waals surface area contributed by atoms with Crippen LogP contribution in [0.1, 0.15) is 16.7 Å². The summed E-state index contributed by atoms with van der Waals surface area (Å²) in [5.74, 6) is 0. The van der Waals surface area contributed by atoms with E-state index in [1.165, 1.54) is 16.7 Å². The van der Waals surface area contributed by atoms with Gasteiger partial charge in [-0.25, -0.2) is 0 Å². The van der Waals surface area contributed by atoms with E-state index < -0.39 is 0 Å². The highest BCUT2D eigenvalue weighted by molar-refractivity contribution is 9.10. The average Bonchev–Trinajstić information content (AvgIpc) is 2.36. The Balaban J connectivity index is 2.03. The average molecular weight is 320 g/mol. The number of anilines is 1. The lowest BCUT2D eigenvalue weighted by molar-refractivity contribution is 0.185. The van der Waals surface area contributed by atoms with Crippen molar-refractivity contribution in [1.82, 2.24) is 0 Å². The predicted molar refractivity (Wildman–Crippen MR) is 83.4 cm³/mol. The van der Waals surface area contributed by atoms with Gasteiger partial charge in [0.1, 0.15) is 0 Å². The molecule has 0 saturated carbocycles. The monoisotopic (exact) mass is 319 g/mol. The Morgan fingerprint density at radius 1 is 1.11 bits per heavy atom. The molecule has 19 heavy (non-hydrogen) atoms. The third kappa shape index (κ3) is 4.37. The van der Waals surface area contributed by atoms with Gasteiger partial charge in [0.05, 0.1) is 6.61 Å². The molecule has 0 unspecified atom stereocenters. The molecule has 100 valence electrons. The van der Waals surface area contributed by atoms with Crippen LogP contribution in [0.25, 0.3) is 0 Å². The fraction of sp³-hybridized carbons (Fsp3) is 0.250. The Morgan fingerprint density at radius 3 is 2.63 bits per heavy atom. The minimum absolute atomic E-state index is 0.657. The Kier molecular flexibility index (Phi) is 5.00. The lowest BCUT2D eigenvalue weighted by atomic mass is 10.1. The first-order valence-corrected chi connectivity index (χ1v) is 7.04. The van der Waals surface area contributed by atoms with Gasteiger partial charge in [0.15, 0.2) is 0 Å². The number of methoxy groups -OCH3 is 1. The van der Waals surface area contributed by atoms with Gasteiger partial charge in [-0.1, -0.05) is 40.2 Å². The summed E-state index contributed by atoms with van der Waals surface area (Å²) in [7, 11) is 1.72. The topological polar surface area (TPSA) is 21.3 Å². The van der Waals surface area contributed by atoms with Crippen molar-refractivity contribution in [3.05, 3.63) is 63.6 Å². The van der Waals surface area contributed by atoms with Crippen molar-refractivity contribution >= 4 is 21.6 Å². The molecule has 0 aliphatic rings. The molecule has 0 aliphatic heterocycles. The van der Waals surface area contributed by atoms with Crippen molar-refractivity contribution in [1.29, 1.82) is 0 Å². The fourth-order valence-electron chi connectivity index (χ4n) is 2.04. The summed E-state index contributed by atoms with van der Waals surface area (Å²) in [6, 6.07) is 14.8. The first-order chi connectivity index (χ1) is 9.17. The second kappa shape index (κ2) is 6.73. The molecule has 0 atom stereocenters. The molecule has 2 nitrogen and oxygen atoms in total. The van der Waals surface area contributed by atoms with Gasteiger partial charge in [0.25, 0.3) is 0 Å². The number of hydrogen-bond acceptors (Lipinski definition) is 2. The third-order valence-corrected chi connectivity index (χ3v) is 3.30. The number of benzene rings is 2. The second-order valence-corrected chi connectivity index (χ2v) is 5.54. The van der Waals surface area contributed by atoms with Gasteiger partial charge in [0, 0.05) is 23.8 Å². The zero-order chi connectivity index (χ0) is 13.7. The maximum absolute atomic E-state index is 5.15. The molecule has 0 aromatic heterocycles. The van der Waals surface area contributed by atoms with Crippen LogP contribution in [0, 0.1) is 6.92 Å². The van der Waals surface area contributed by atoms with Gasteiger partial charge in [-0.2, -0.15) is 0 Å². The molecule has 2 aromatic rings. The molecule has 1 N–H and O–H groups in total. The smallest absolute Gasteiger partial charge is 0.0713 e. The van der Waals surface area contributed by atoms with Crippen molar-refractivity contribution in [2.45, 2.75) is 20.1 Å². The van der Waals surface area contributed by atoms with Crippen LogP contribution in [0.2, 0.25) is 0 Å². The van der Waals surface area contributed by atoms with E-state index in [-0.39, 0.29) is 0 Å². The van der Waals surface area contributed by atoms with Crippen LogP contribution in [0.3, 0.4) is 0 Å². The summed E-state index contributed by atoms with van der Waals surface area (Å²) in [6.07, 6.45) is 0. The molecule has 0 fully saturated rings. The van der Waals surface area contributed by atoms with Crippen LogP contribution >= 0.6 is 15.9 Å². The zero-order valence-electron chi connectivity index (χ0n) is 11.2. The Morgan fingerprint density at radius 2 is 1.89 bits per heavy atom. The largest absolute Gasteiger partial charge is 0.381 e. The van der Waals surface area contributed by atoms with E-state index in [1.54, 1.807) is 7.11 Å². The molecule has 0 heterocycles. The van der Waals surface area contributed by atoms with E-state index in [1.807, 2.05) is 0 Å². The van der Waals surface area contributed by atoms with Crippen LogP contribution in [0.4, 0.5) is 5.69 Å². The molecule has 0 bridgehead atoms. The molecule has 0 saturated heterocycles. The summed E-state index contributed by atoms with van der Waals surface area (Å²) in [6.45, 7) is 3.56. The van der Waals surface area contributed by atoms with Crippen molar-refractivity contribution in [3.63, 3.8) is 0 Å². The lowest BCUT2D eigenvalue weighted by Gasteiger charge is -2.09. The summed E-state index contributed by atoms with van der Waals surface area (Å²) < 4.78 is 6.25. The highest BCUT2D eigenvalue weighted by Gasteiger charge is 1.99. The van der Waals surface area contributed by atoms with Gasteiger partial charge >= 0.3 is 0 Å². The molecular formula is C16H18BrNO. The number of aryl methyl sites for hydroxylation is 1. The lowest BCUT2D eigenvalue weighted by Crippen LogP contribution is -2.00. The van der Waals surface area contributed by atoms with E-state index in [9.17, 15) is 0 Å². The number of ether oxygens (including phenoxy) is 1. The standard InChI is InChI=1S/C16H18BrNO/c1-12-6-15(17)9-16(7-12)18-10-13-4-3-5-14(8-13)11-19-2/h3-9,18H,10-11H2,1-2H3. The van der Waals surface area contributed by atoms with Crippen molar-refractivity contribution in [3.8, 4) is 0 Å². The molecule has 0 spiro atoms. The predicted octanol–water partition coefficient (Wildman–Crippen LogP) is 4.52. The maximum atomic E-state index is 5.15. The normalized spacial score (nSPS) is 10.5. The molecule has 2 aromatic carbocycles.